The van der Waals surface area contributed by atoms with Crippen molar-refractivity contribution in [2.24, 2.45) is 5.92 Å². The zero-order valence-electron chi connectivity index (χ0n) is 12.6. The average Bonchev–Trinajstić information content (AvgIpc) is 2.43. The third kappa shape index (κ3) is 4.19. The van der Waals surface area contributed by atoms with E-state index in [9.17, 15) is 9.90 Å². The fourth-order valence-electron chi connectivity index (χ4n) is 2.95. The van der Waals surface area contributed by atoms with Crippen molar-refractivity contribution in [1.82, 2.24) is 4.90 Å². The van der Waals surface area contributed by atoms with E-state index in [1.807, 2.05) is 0 Å². The highest BCUT2D eigenvalue weighted by molar-refractivity contribution is 6.31. The van der Waals surface area contributed by atoms with Crippen molar-refractivity contribution in [3.63, 3.8) is 0 Å². The molecular weight excluding hydrogens is 290 g/mol. The molecule has 0 aliphatic carbocycles. The summed E-state index contributed by atoms with van der Waals surface area (Å²) in [5, 5.41) is 10.7. The Labute approximate surface area is 130 Å². The number of methoxy groups -OCH3 is 1. The van der Waals surface area contributed by atoms with Crippen molar-refractivity contribution in [2.45, 2.75) is 26.3 Å². The summed E-state index contributed by atoms with van der Waals surface area (Å²) in [5.41, 5.74) is 1.01. The second kappa shape index (κ2) is 7.25. The van der Waals surface area contributed by atoms with Gasteiger partial charge in [0.25, 0.3) is 0 Å². The molecule has 0 bridgehead atoms. The lowest BCUT2D eigenvalue weighted by Crippen LogP contribution is -2.36. The Balaban J connectivity index is 2.13. The second-order valence-corrected chi connectivity index (χ2v) is 6.15. The van der Waals surface area contributed by atoms with Crippen LogP contribution in [0.1, 0.15) is 35.7 Å². The van der Waals surface area contributed by atoms with Gasteiger partial charge in [-0.05, 0) is 44.4 Å². The lowest BCUT2D eigenvalue weighted by Gasteiger charge is -2.32. The maximum atomic E-state index is 11.6. The number of carbonyl (C=O) groups is 1. The summed E-state index contributed by atoms with van der Waals surface area (Å²) in [7, 11) is 1.72. The maximum Gasteiger partial charge on any atom is 0.163 e. The highest BCUT2D eigenvalue weighted by Gasteiger charge is 2.22. The fraction of sp³-hybridized carbons (Fsp3) is 0.562. The third-order valence-corrected chi connectivity index (χ3v) is 4.15. The molecule has 1 saturated heterocycles. The number of Topliss-reactive ketones (excluding diaryl/α,β-unsaturated/α-hetero) is 1. The van der Waals surface area contributed by atoms with Gasteiger partial charge in [-0.3, -0.25) is 9.69 Å². The van der Waals surface area contributed by atoms with Gasteiger partial charge in [0, 0.05) is 30.8 Å². The fourth-order valence-corrected chi connectivity index (χ4v) is 3.19. The number of ether oxygens (including phenoxy) is 1. The van der Waals surface area contributed by atoms with Crippen LogP contribution in [0, 0.1) is 5.92 Å². The van der Waals surface area contributed by atoms with Gasteiger partial charge in [0.1, 0.15) is 5.75 Å². The van der Waals surface area contributed by atoms with Crippen molar-refractivity contribution >= 4 is 17.4 Å². The molecule has 116 valence electrons. The van der Waals surface area contributed by atoms with E-state index in [0.29, 0.717) is 28.6 Å². The van der Waals surface area contributed by atoms with Crippen LogP contribution in [0.3, 0.4) is 0 Å². The van der Waals surface area contributed by atoms with Crippen molar-refractivity contribution in [3.05, 3.63) is 28.3 Å². The number of nitrogens with zero attached hydrogens (tertiary/aromatic N) is 1. The van der Waals surface area contributed by atoms with Gasteiger partial charge in [0.05, 0.1) is 12.2 Å². The smallest absolute Gasteiger partial charge is 0.163 e. The summed E-state index contributed by atoms with van der Waals surface area (Å²) < 4.78 is 5.23. The summed E-state index contributed by atoms with van der Waals surface area (Å²) in [6.07, 6.45) is 2.29. The topological polar surface area (TPSA) is 49.8 Å². The number of hydrogen-bond donors (Lipinski definition) is 1. The average molecular weight is 312 g/mol. The molecule has 0 radical (unpaired) electrons. The number of ketones is 1. The zero-order valence-corrected chi connectivity index (χ0v) is 13.3. The molecule has 2 rings (SSSR count). The first kappa shape index (κ1) is 16.3. The van der Waals surface area contributed by atoms with E-state index in [0.717, 1.165) is 26.1 Å². The standard InChI is InChI=1S/C16H22ClNO3/c1-11(19)15-7-14(17)6-13(16(15)20)9-18-5-3-4-12(8-18)10-21-2/h6-7,12,20H,3-5,8-10H2,1-2H3. The number of aromatic hydroxyl groups is 1. The highest BCUT2D eigenvalue weighted by atomic mass is 35.5. The second-order valence-electron chi connectivity index (χ2n) is 5.72. The van der Waals surface area contributed by atoms with Gasteiger partial charge in [-0.25, -0.2) is 0 Å². The minimum Gasteiger partial charge on any atom is -0.507 e. The van der Waals surface area contributed by atoms with Crippen LogP contribution in [0.4, 0.5) is 0 Å². The molecule has 1 aromatic carbocycles. The third-order valence-electron chi connectivity index (χ3n) is 3.93. The van der Waals surface area contributed by atoms with E-state index in [-0.39, 0.29) is 11.5 Å². The Hall–Kier alpha value is -1.10. The summed E-state index contributed by atoms with van der Waals surface area (Å²) in [4.78, 5) is 13.8. The summed E-state index contributed by atoms with van der Waals surface area (Å²) in [6.45, 7) is 4.73. The molecule has 0 amide bonds. The Morgan fingerprint density at radius 3 is 2.95 bits per heavy atom. The number of rotatable bonds is 5. The summed E-state index contributed by atoms with van der Waals surface area (Å²) >= 11 is 6.06. The summed E-state index contributed by atoms with van der Waals surface area (Å²) in [5.74, 6) is 0.408. The first-order chi connectivity index (χ1) is 10.0. The van der Waals surface area contributed by atoms with Gasteiger partial charge >= 0.3 is 0 Å². The van der Waals surface area contributed by atoms with Crippen molar-refractivity contribution < 1.29 is 14.6 Å². The van der Waals surface area contributed by atoms with Crippen LogP contribution in [0.5, 0.6) is 5.75 Å². The Bertz CT molecular complexity index is 516. The number of halogens is 1. The largest absolute Gasteiger partial charge is 0.507 e. The van der Waals surface area contributed by atoms with Crippen LogP contribution in [-0.4, -0.2) is 42.6 Å². The van der Waals surface area contributed by atoms with Crippen molar-refractivity contribution in [2.75, 3.05) is 26.8 Å². The molecule has 1 atom stereocenters. The monoisotopic (exact) mass is 311 g/mol. The molecule has 5 heteroatoms. The van der Waals surface area contributed by atoms with E-state index < -0.39 is 0 Å². The van der Waals surface area contributed by atoms with E-state index in [2.05, 4.69) is 4.90 Å². The molecule has 21 heavy (non-hydrogen) atoms. The van der Waals surface area contributed by atoms with E-state index in [1.165, 1.54) is 19.4 Å². The highest BCUT2D eigenvalue weighted by Crippen LogP contribution is 2.30. The van der Waals surface area contributed by atoms with Gasteiger partial charge in [-0.15, -0.1) is 0 Å². The molecule has 0 aromatic heterocycles. The number of phenolic OH excluding ortho intramolecular Hbond substituents is 1. The number of carbonyl (C=O) groups excluding carboxylic acids is 1. The van der Waals surface area contributed by atoms with Crippen molar-refractivity contribution in [1.29, 1.82) is 0 Å². The molecule has 1 aromatic rings. The number of likely N-dealkylation sites (tertiary alicyclic amines) is 1. The zero-order chi connectivity index (χ0) is 15.4. The molecule has 1 aliphatic heterocycles. The minimum absolute atomic E-state index is 0.0563. The van der Waals surface area contributed by atoms with Crippen LogP contribution in [0.15, 0.2) is 12.1 Å². The summed E-state index contributed by atoms with van der Waals surface area (Å²) in [6, 6.07) is 3.26. The van der Waals surface area contributed by atoms with Crippen molar-refractivity contribution in [3.8, 4) is 5.75 Å². The van der Waals surface area contributed by atoms with Gasteiger partial charge in [-0.1, -0.05) is 11.6 Å². The van der Waals surface area contributed by atoms with Gasteiger partial charge in [0.15, 0.2) is 5.78 Å². The number of benzene rings is 1. The molecule has 1 heterocycles. The lowest BCUT2D eigenvalue weighted by molar-refractivity contribution is 0.0869. The van der Waals surface area contributed by atoms with Crippen LogP contribution >= 0.6 is 11.6 Å². The normalized spacial score (nSPS) is 19.7. The van der Waals surface area contributed by atoms with Crippen LogP contribution in [-0.2, 0) is 11.3 Å². The molecule has 0 spiro atoms. The predicted molar refractivity (Wildman–Crippen MR) is 83.0 cm³/mol. The first-order valence-corrected chi connectivity index (χ1v) is 7.62. The molecule has 1 fully saturated rings. The first-order valence-electron chi connectivity index (χ1n) is 7.25. The predicted octanol–water partition coefficient (Wildman–Crippen LogP) is 3.11. The van der Waals surface area contributed by atoms with Crippen LogP contribution < -0.4 is 0 Å². The molecule has 1 N–H and O–H groups in total. The Morgan fingerprint density at radius 1 is 1.52 bits per heavy atom. The Kier molecular flexibility index (Phi) is 5.62. The molecule has 4 nitrogen and oxygen atoms in total. The minimum atomic E-state index is -0.174. The van der Waals surface area contributed by atoms with Gasteiger partial charge < -0.3 is 9.84 Å². The lowest BCUT2D eigenvalue weighted by atomic mass is 9.98. The number of phenols is 1. The maximum absolute atomic E-state index is 11.6. The van der Waals surface area contributed by atoms with Gasteiger partial charge in [0.2, 0.25) is 0 Å². The van der Waals surface area contributed by atoms with E-state index >= 15 is 0 Å². The number of piperidine rings is 1. The Morgan fingerprint density at radius 2 is 2.29 bits per heavy atom. The molecule has 1 aliphatic rings. The quantitative estimate of drug-likeness (QED) is 0.849. The SMILES string of the molecule is COCC1CCCN(Cc2cc(Cl)cc(C(C)=O)c2O)C1. The van der Waals surface area contributed by atoms with Crippen LogP contribution in [0.25, 0.3) is 0 Å². The number of hydrogen-bond acceptors (Lipinski definition) is 4. The molecule has 1 unspecified atom stereocenters. The van der Waals surface area contributed by atoms with Gasteiger partial charge in [-0.2, -0.15) is 0 Å². The molecular formula is C16H22ClNO3. The molecule has 0 saturated carbocycles. The van der Waals surface area contributed by atoms with Crippen LogP contribution in [0.2, 0.25) is 5.02 Å². The van der Waals surface area contributed by atoms with E-state index in [4.69, 9.17) is 16.3 Å². The van der Waals surface area contributed by atoms with E-state index in [1.54, 1.807) is 13.2 Å².